The van der Waals surface area contributed by atoms with Gasteiger partial charge in [-0.05, 0) is 42.8 Å². The van der Waals surface area contributed by atoms with Crippen LogP contribution in [0, 0.1) is 12.7 Å². The molecule has 0 atom stereocenters. The van der Waals surface area contributed by atoms with Crippen LogP contribution in [0.15, 0.2) is 54.7 Å². The Morgan fingerprint density at radius 1 is 1.00 bits per heavy atom. The summed E-state index contributed by atoms with van der Waals surface area (Å²) < 4.78 is 12.9. The first-order chi connectivity index (χ1) is 12.0. The van der Waals surface area contributed by atoms with Crippen molar-refractivity contribution in [3.63, 3.8) is 0 Å². The molecule has 0 saturated heterocycles. The third-order valence-electron chi connectivity index (χ3n) is 3.61. The molecule has 0 aliphatic carbocycles. The molecule has 25 heavy (non-hydrogen) atoms. The number of H-pyrrole nitrogens is 1. The summed E-state index contributed by atoms with van der Waals surface area (Å²) in [6, 6.07) is 12.5. The van der Waals surface area contributed by atoms with E-state index in [0.29, 0.717) is 11.3 Å². The first-order valence-electron chi connectivity index (χ1n) is 7.52. The number of hydrogen-bond donors (Lipinski definition) is 3. The van der Waals surface area contributed by atoms with Gasteiger partial charge in [-0.1, -0.05) is 18.2 Å². The van der Waals surface area contributed by atoms with Crippen LogP contribution in [-0.4, -0.2) is 22.0 Å². The number of benzene rings is 2. The van der Waals surface area contributed by atoms with Crippen molar-refractivity contribution in [3.05, 3.63) is 77.4 Å². The molecule has 0 spiro atoms. The molecule has 3 N–H and O–H groups in total. The molecule has 0 fully saturated rings. The number of amides is 2. The number of halogens is 1. The standard InChI is InChI=1S/C18H15FN4O2/c1-11-4-2-3-5-14(11)17(24)22-15-10-20-23-16(15)18(25)21-13-8-6-12(19)7-9-13/h2-10H,1H3,(H,20,23)(H,21,25)(H,22,24). The zero-order valence-corrected chi connectivity index (χ0v) is 13.3. The third kappa shape index (κ3) is 3.72. The van der Waals surface area contributed by atoms with Crippen LogP contribution in [0.4, 0.5) is 15.8 Å². The van der Waals surface area contributed by atoms with Crippen LogP contribution in [-0.2, 0) is 0 Å². The number of rotatable bonds is 4. The highest BCUT2D eigenvalue weighted by Gasteiger charge is 2.17. The second-order valence-electron chi connectivity index (χ2n) is 5.39. The van der Waals surface area contributed by atoms with E-state index in [9.17, 15) is 14.0 Å². The predicted octanol–water partition coefficient (Wildman–Crippen LogP) is 3.36. The molecule has 1 aromatic heterocycles. The summed E-state index contributed by atoms with van der Waals surface area (Å²) in [5.74, 6) is -1.23. The number of nitrogens with one attached hydrogen (secondary N) is 3. The molecule has 2 amide bonds. The second-order valence-corrected chi connectivity index (χ2v) is 5.39. The number of aromatic amines is 1. The van der Waals surface area contributed by atoms with Crippen LogP contribution in [0.5, 0.6) is 0 Å². The minimum atomic E-state index is -0.496. The SMILES string of the molecule is Cc1ccccc1C(=O)Nc1cn[nH]c1C(=O)Nc1ccc(F)cc1. The van der Waals surface area contributed by atoms with E-state index >= 15 is 0 Å². The smallest absolute Gasteiger partial charge is 0.275 e. The topological polar surface area (TPSA) is 86.9 Å². The molecule has 1 heterocycles. The Kier molecular flexibility index (Phi) is 4.56. The molecule has 3 aromatic rings. The summed E-state index contributed by atoms with van der Waals surface area (Å²) in [6.07, 6.45) is 1.36. The highest BCUT2D eigenvalue weighted by molar-refractivity contribution is 6.11. The highest BCUT2D eigenvalue weighted by Crippen LogP contribution is 2.17. The van der Waals surface area contributed by atoms with Crippen molar-refractivity contribution in [3.8, 4) is 0 Å². The van der Waals surface area contributed by atoms with E-state index in [1.165, 1.54) is 30.5 Å². The van der Waals surface area contributed by atoms with E-state index in [2.05, 4.69) is 20.8 Å². The van der Waals surface area contributed by atoms with Gasteiger partial charge in [-0.2, -0.15) is 5.10 Å². The first kappa shape index (κ1) is 16.4. The van der Waals surface area contributed by atoms with Gasteiger partial charge in [-0.3, -0.25) is 14.7 Å². The van der Waals surface area contributed by atoms with E-state index in [1.807, 2.05) is 19.1 Å². The molecule has 0 radical (unpaired) electrons. The zero-order chi connectivity index (χ0) is 17.8. The normalized spacial score (nSPS) is 10.3. The molecule has 6 nitrogen and oxygen atoms in total. The fraction of sp³-hybridized carbons (Fsp3) is 0.0556. The summed E-state index contributed by atoms with van der Waals surface area (Å²) in [5.41, 5.74) is 2.12. The van der Waals surface area contributed by atoms with Crippen molar-refractivity contribution in [1.29, 1.82) is 0 Å². The lowest BCUT2D eigenvalue weighted by Crippen LogP contribution is -2.18. The van der Waals surface area contributed by atoms with Gasteiger partial charge in [0.05, 0.1) is 11.9 Å². The van der Waals surface area contributed by atoms with Gasteiger partial charge in [-0.25, -0.2) is 4.39 Å². The molecule has 126 valence electrons. The van der Waals surface area contributed by atoms with Gasteiger partial charge in [-0.15, -0.1) is 0 Å². The molecule has 0 bridgehead atoms. The van der Waals surface area contributed by atoms with Gasteiger partial charge in [0.1, 0.15) is 11.5 Å². The molecule has 0 unspecified atom stereocenters. The summed E-state index contributed by atoms with van der Waals surface area (Å²) in [7, 11) is 0. The average molecular weight is 338 g/mol. The summed E-state index contributed by atoms with van der Waals surface area (Å²) >= 11 is 0. The monoisotopic (exact) mass is 338 g/mol. The Hall–Kier alpha value is -3.48. The second kappa shape index (κ2) is 6.96. The van der Waals surface area contributed by atoms with Gasteiger partial charge >= 0.3 is 0 Å². The van der Waals surface area contributed by atoms with Gasteiger partial charge in [0.2, 0.25) is 0 Å². The summed E-state index contributed by atoms with van der Waals surface area (Å²) in [5, 5.41) is 11.6. The van der Waals surface area contributed by atoms with E-state index < -0.39 is 11.7 Å². The summed E-state index contributed by atoms with van der Waals surface area (Å²) in [6.45, 7) is 1.83. The van der Waals surface area contributed by atoms with Gasteiger partial charge in [0.25, 0.3) is 11.8 Å². The van der Waals surface area contributed by atoms with Gasteiger partial charge in [0, 0.05) is 11.3 Å². The maximum Gasteiger partial charge on any atom is 0.275 e. The first-order valence-corrected chi connectivity index (χ1v) is 7.52. The molecule has 3 rings (SSSR count). The molecule has 0 aliphatic heterocycles. The number of aromatic nitrogens is 2. The number of carbonyl (C=O) groups excluding carboxylic acids is 2. The molecule has 2 aromatic carbocycles. The van der Waals surface area contributed by atoms with Crippen LogP contribution >= 0.6 is 0 Å². The minimum Gasteiger partial charge on any atom is -0.321 e. The lowest BCUT2D eigenvalue weighted by Gasteiger charge is -2.08. The Morgan fingerprint density at radius 3 is 2.44 bits per heavy atom. The Bertz CT molecular complexity index is 919. The largest absolute Gasteiger partial charge is 0.321 e. The highest BCUT2D eigenvalue weighted by atomic mass is 19.1. The Morgan fingerprint density at radius 2 is 1.72 bits per heavy atom. The van der Waals surface area contributed by atoms with Crippen LogP contribution < -0.4 is 10.6 Å². The van der Waals surface area contributed by atoms with Crippen molar-refractivity contribution in [2.24, 2.45) is 0 Å². The lowest BCUT2D eigenvalue weighted by molar-refractivity contribution is 0.102. The lowest BCUT2D eigenvalue weighted by atomic mass is 10.1. The van der Waals surface area contributed by atoms with Crippen molar-refractivity contribution in [2.45, 2.75) is 6.92 Å². The van der Waals surface area contributed by atoms with Crippen molar-refractivity contribution >= 4 is 23.2 Å². The van der Waals surface area contributed by atoms with Crippen molar-refractivity contribution in [1.82, 2.24) is 10.2 Å². The quantitative estimate of drug-likeness (QED) is 0.682. The number of hydrogen-bond acceptors (Lipinski definition) is 3. The average Bonchev–Trinajstić information content (AvgIpc) is 3.05. The molecular weight excluding hydrogens is 323 g/mol. The maximum atomic E-state index is 12.9. The van der Waals surface area contributed by atoms with Crippen LogP contribution in [0.2, 0.25) is 0 Å². The van der Waals surface area contributed by atoms with E-state index in [0.717, 1.165) is 5.56 Å². The Labute approximate surface area is 143 Å². The van der Waals surface area contributed by atoms with Crippen LogP contribution in [0.3, 0.4) is 0 Å². The maximum absolute atomic E-state index is 12.9. The molecular formula is C18H15FN4O2. The van der Waals surface area contributed by atoms with Crippen molar-refractivity contribution < 1.29 is 14.0 Å². The number of aryl methyl sites for hydroxylation is 1. The molecule has 7 heteroatoms. The Balaban J connectivity index is 1.76. The molecule has 0 aliphatic rings. The zero-order valence-electron chi connectivity index (χ0n) is 13.3. The minimum absolute atomic E-state index is 0.103. The van der Waals surface area contributed by atoms with Crippen LogP contribution in [0.25, 0.3) is 0 Å². The fourth-order valence-electron chi connectivity index (χ4n) is 2.30. The van der Waals surface area contributed by atoms with Gasteiger partial charge < -0.3 is 10.6 Å². The third-order valence-corrected chi connectivity index (χ3v) is 3.61. The van der Waals surface area contributed by atoms with Crippen LogP contribution in [0.1, 0.15) is 26.4 Å². The van der Waals surface area contributed by atoms with E-state index in [-0.39, 0.29) is 17.3 Å². The number of anilines is 2. The van der Waals surface area contributed by atoms with Gasteiger partial charge in [0.15, 0.2) is 0 Å². The van der Waals surface area contributed by atoms with E-state index in [4.69, 9.17) is 0 Å². The fourth-order valence-corrected chi connectivity index (χ4v) is 2.30. The molecule has 0 saturated carbocycles. The summed E-state index contributed by atoms with van der Waals surface area (Å²) in [4.78, 5) is 24.7. The number of carbonyl (C=O) groups is 2. The predicted molar refractivity (Wildman–Crippen MR) is 92.1 cm³/mol. The van der Waals surface area contributed by atoms with E-state index in [1.54, 1.807) is 12.1 Å². The van der Waals surface area contributed by atoms with Crippen molar-refractivity contribution in [2.75, 3.05) is 10.6 Å². The number of nitrogens with zero attached hydrogens (tertiary/aromatic N) is 1.